The van der Waals surface area contributed by atoms with Crippen molar-refractivity contribution >= 4 is 40.6 Å². The van der Waals surface area contributed by atoms with E-state index in [9.17, 15) is 4.79 Å². The minimum absolute atomic E-state index is 0.102. The Labute approximate surface area is 156 Å². The number of amides is 1. The first-order chi connectivity index (χ1) is 12.1. The summed E-state index contributed by atoms with van der Waals surface area (Å²) in [7, 11) is 0. The van der Waals surface area contributed by atoms with Crippen molar-refractivity contribution < 1.29 is 4.79 Å². The molecule has 0 heterocycles. The zero-order valence-corrected chi connectivity index (χ0v) is 14.9. The Bertz CT molecular complexity index is 853. The minimum Gasteiger partial charge on any atom is -0.399 e. The predicted molar refractivity (Wildman–Crippen MR) is 106 cm³/mol. The number of benzene rings is 3. The van der Waals surface area contributed by atoms with Gasteiger partial charge in [-0.3, -0.25) is 4.79 Å². The first-order valence-electron chi connectivity index (χ1n) is 7.75. The van der Waals surface area contributed by atoms with E-state index < -0.39 is 0 Å². The Hall–Kier alpha value is -2.43. The summed E-state index contributed by atoms with van der Waals surface area (Å²) in [6.45, 7) is 0. The molecule has 1 unspecified atom stereocenters. The van der Waals surface area contributed by atoms with Crippen LogP contribution in [0.1, 0.15) is 10.8 Å². The average Bonchev–Trinajstić information content (AvgIpc) is 2.62. The molecule has 3 N–H and O–H groups in total. The molecule has 0 saturated heterocycles. The number of nitrogens with one attached hydrogen (secondary N) is 1. The van der Waals surface area contributed by atoms with E-state index in [4.69, 9.17) is 17.3 Å². The fourth-order valence-corrected chi connectivity index (χ4v) is 3.57. The van der Waals surface area contributed by atoms with Gasteiger partial charge in [-0.15, -0.1) is 11.8 Å². The van der Waals surface area contributed by atoms with Crippen LogP contribution >= 0.6 is 23.4 Å². The molecule has 3 aromatic rings. The van der Waals surface area contributed by atoms with Crippen LogP contribution in [0.2, 0.25) is 5.02 Å². The molecule has 0 bridgehead atoms. The summed E-state index contributed by atoms with van der Waals surface area (Å²) in [5, 5.41) is 3.14. The largest absolute Gasteiger partial charge is 0.399 e. The fourth-order valence-electron chi connectivity index (χ4n) is 2.36. The van der Waals surface area contributed by atoms with Crippen LogP contribution in [0.4, 0.5) is 11.4 Å². The Kier molecular flexibility index (Phi) is 5.64. The maximum atomic E-state index is 12.9. The van der Waals surface area contributed by atoms with E-state index >= 15 is 0 Å². The van der Waals surface area contributed by atoms with Crippen molar-refractivity contribution in [2.45, 2.75) is 10.1 Å². The van der Waals surface area contributed by atoms with Crippen molar-refractivity contribution in [1.29, 1.82) is 0 Å². The van der Waals surface area contributed by atoms with E-state index in [1.165, 1.54) is 11.8 Å². The number of carbonyl (C=O) groups is 1. The summed E-state index contributed by atoms with van der Waals surface area (Å²) >= 11 is 7.48. The van der Waals surface area contributed by atoms with Crippen LogP contribution in [0, 0.1) is 0 Å². The Morgan fingerprint density at radius 1 is 0.960 bits per heavy atom. The monoisotopic (exact) mass is 368 g/mol. The summed E-state index contributed by atoms with van der Waals surface area (Å²) in [5.41, 5.74) is 8.05. The van der Waals surface area contributed by atoms with Crippen LogP contribution in [-0.2, 0) is 4.79 Å². The summed E-state index contributed by atoms with van der Waals surface area (Å²) < 4.78 is 0. The van der Waals surface area contributed by atoms with Gasteiger partial charge in [0.1, 0.15) is 5.25 Å². The quantitative estimate of drug-likeness (QED) is 0.468. The van der Waals surface area contributed by atoms with Crippen molar-refractivity contribution in [3.8, 4) is 0 Å². The molecule has 1 atom stereocenters. The summed E-state index contributed by atoms with van der Waals surface area (Å²) in [6, 6.07) is 24.3. The van der Waals surface area contributed by atoms with Gasteiger partial charge < -0.3 is 11.1 Å². The second-order valence-electron chi connectivity index (χ2n) is 5.48. The second kappa shape index (κ2) is 8.10. The van der Waals surface area contributed by atoms with Crippen LogP contribution in [0.25, 0.3) is 0 Å². The smallest absolute Gasteiger partial charge is 0.242 e. The van der Waals surface area contributed by atoms with Gasteiger partial charge in [-0.1, -0.05) is 48.0 Å². The molecule has 0 aromatic heterocycles. The normalized spacial score (nSPS) is 11.7. The number of hydrogen-bond donors (Lipinski definition) is 2. The standard InChI is InChI=1S/C20H17ClN2OS/c21-15-7-4-8-17(13-15)23-20(24)19(14-5-2-1-3-6-14)25-18-11-9-16(22)10-12-18/h1-13,19H,22H2,(H,23,24). The molecule has 1 amide bonds. The molecule has 0 aliphatic rings. The molecule has 126 valence electrons. The summed E-state index contributed by atoms with van der Waals surface area (Å²) in [5.74, 6) is -0.102. The van der Waals surface area contributed by atoms with E-state index in [1.54, 1.807) is 12.1 Å². The number of nitrogens with two attached hydrogens (primary N) is 1. The van der Waals surface area contributed by atoms with Gasteiger partial charge in [0.2, 0.25) is 5.91 Å². The lowest BCUT2D eigenvalue weighted by Gasteiger charge is -2.17. The highest BCUT2D eigenvalue weighted by molar-refractivity contribution is 8.00. The molecular formula is C20H17ClN2OS. The molecule has 0 aliphatic heterocycles. The van der Waals surface area contributed by atoms with Crippen molar-refractivity contribution in [3.05, 3.63) is 89.4 Å². The summed E-state index contributed by atoms with van der Waals surface area (Å²) in [4.78, 5) is 13.9. The number of halogens is 1. The third-order valence-electron chi connectivity index (χ3n) is 3.57. The Morgan fingerprint density at radius 3 is 2.36 bits per heavy atom. The van der Waals surface area contributed by atoms with Gasteiger partial charge in [-0.25, -0.2) is 0 Å². The van der Waals surface area contributed by atoms with E-state index in [0.717, 1.165) is 10.5 Å². The summed E-state index contributed by atoms with van der Waals surface area (Å²) in [6.07, 6.45) is 0. The van der Waals surface area contributed by atoms with Crippen molar-refractivity contribution in [1.82, 2.24) is 0 Å². The number of carbonyl (C=O) groups excluding carboxylic acids is 1. The highest BCUT2D eigenvalue weighted by Crippen LogP contribution is 2.36. The first kappa shape index (κ1) is 17.4. The van der Waals surface area contributed by atoms with Crippen LogP contribution in [-0.4, -0.2) is 5.91 Å². The molecule has 25 heavy (non-hydrogen) atoms. The Balaban J connectivity index is 1.85. The number of thioether (sulfide) groups is 1. The highest BCUT2D eigenvalue weighted by atomic mass is 35.5. The van der Waals surface area contributed by atoms with Gasteiger partial charge in [0, 0.05) is 21.3 Å². The minimum atomic E-state index is -0.385. The van der Waals surface area contributed by atoms with Crippen LogP contribution < -0.4 is 11.1 Å². The lowest BCUT2D eigenvalue weighted by molar-refractivity contribution is -0.115. The maximum absolute atomic E-state index is 12.9. The van der Waals surface area contributed by atoms with E-state index in [0.29, 0.717) is 16.4 Å². The molecule has 0 radical (unpaired) electrons. The van der Waals surface area contributed by atoms with E-state index in [2.05, 4.69) is 5.32 Å². The zero-order valence-electron chi connectivity index (χ0n) is 13.4. The number of anilines is 2. The van der Waals surface area contributed by atoms with Gasteiger partial charge in [0.15, 0.2) is 0 Å². The molecule has 0 fully saturated rings. The van der Waals surface area contributed by atoms with Crippen molar-refractivity contribution in [2.24, 2.45) is 0 Å². The molecule has 3 aromatic carbocycles. The van der Waals surface area contributed by atoms with Gasteiger partial charge >= 0.3 is 0 Å². The third kappa shape index (κ3) is 4.78. The van der Waals surface area contributed by atoms with Gasteiger partial charge in [-0.05, 0) is 48.0 Å². The number of nitrogen functional groups attached to an aromatic ring is 1. The molecule has 0 aliphatic carbocycles. The number of hydrogen-bond acceptors (Lipinski definition) is 3. The van der Waals surface area contributed by atoms with Gasteiger partial charge in [-0.2, -0.15) is 0 Å². The fraction of sp³-hybridized carbons (Fsp3) is 0.0500. The topological polar surface area (TPSA) is 55.1 Å². The van der Waals surface area contributed by atoms with E-state index in [1.807, 2.05) is 66.7 Å². The molecule has 0 spiro atoms. The molecule has 3 rings (SSSR count). The van der Waals surface area contributed by atoms with Gasteiger partial charge in [0.05, 0.1) is 0 Å². The molecule has 3 nitrogen and oxygen atoms in total. The Morgan fingerprint density at radius 2 is 1.68 bits per heavy atom. The zero-order chi connectivity index (χ0) is 17.6. The van der Waals surface area contributed by atoms with Crippen LogP contribution in [0.3, 0.4) is 0 Å². The second-order valence-corrected chi connectivity index (χ2v) is 7.09. The lowest BCUT2D eigenvalue weighted by Crippen LogP contribution is -2.19. The van der Waals surface area contributed by atoms with E-state index in [-0.39, 0.29) is 11.2 Å². The maximum Gasteiger partial charge on any atom is 0.242 e. The highest BCUT2D eigenvalue weighted by Gasteiger charge is 2.22. The molecule has 5 heteroatoms. The molecule has 0 saturated carbocycles. The average molecular weight is 369 g/mol. The lowest BCUT2D eigenvalue weighted by atomic mass is 10.1. The van der Waals surface area contributed by atoms with Crippen LogP contribution in [0.15, 0.2) is 83.8 Å². The predicted octanol–water partition coefficient (Wildman–Crippen LogP) is 5.39. The van der Waals surface area contributed by atoms with Crippen molar-refractivity contribution in [2.75, 3.05) is 11.1 Å². The van der Waals surface area contributed by atoms with Gasteiger partial charge in [0.25, 0.3) is 0 Å². The van der Waals surface area contributed by atoms with Crippen LogP contribution in [0.5, 0.6) is 0 Å². The number of rotatable bonds is 5. The molecular weight excluding hydrogens is 352 g/mol. The third-order valence-corrected chi connectivity index (χ3v) is 5.07. The SMILES string of the molecule is Nc1ccc(SC(C(=O)Nc2cccc(Cl)c2)c2ccccc2)cc1. The van der Waals surface area contributed by atoms with Crippen molar-refractivity contribution in [3.63, 3.8) is 0 Å². The first-order valence-corrected chi connectivity index (χ1v) is 9.01.